The summed E-state index contributed by atoms with van der Waals surface area (Å²) in [5.74, 6) is -0.440. The lowest BCUT2D eigenvalue weighted by atomic mass is 10.0. The van der Waals surface area contributed by atoms with Gasteiger partial charge < -0.3 is 14.2 Å². The van der Waals surface area contributed by atoms with E-state index in [-0.39, 0.29) is 25.2 Å². The van der Waals surface area contributed by atoms with Crippen molar-refractivity contribution in [3.8, 4) is 0 Å². The second kappa shape index (κ2) is 35.1. The van der Waals surface area contributed by atoms with Gasteiger partial charge in [-0.15, -0.1) is 0 Å². The van der Waals surface area contributed by atoms with Crippen molar-refractivity contribution in [2.45, 2.75) is 200 Å². The van der Waals surface area contributed by atoms with Gasteiger partial charge in [0.2, 0.25) is 0 Å². The van der Waals surface area contributed by atoms with Crippen molar-refractivity contribution in [1.29, 1.82) is 0 Å². The van der Waals surface area contributed by atoms with Gasteiger partial charge in [0.05, 0.1) is 6.61 Å². The Balaban J connectivity index is 3.66. The molecule has 43 heavy (non-hydrogen) atoms. The number of hydrogen-bond donors (Lipinski definition) is 0. The number of methoxy groups -OCH3 is 1. The Morgan fingerprint density at radius 2 is 0.860 bits per heavy atom. The highest BCUT2D eigenvalue weighted by atomic mass is 16.6. The Kier molecular flexibility index (Phi) is 34.0. The van der Waals surface area contributed by atoms with Gasteiger partial charge in [0, 0.05) is 20.0 Å². The molecule has 0 fully saturated rings. The number of carbonyl (C=O) groups is 2. The highest BCUT2D eigenvalue weighted by molar-refractivity contribution is 5.70. The number of rotatable bonds is 34. The van der Waals surface area contributed by atoms with Gasteiger partial charge in [0.1, 0.15) is 6.61 Å². The van der Waals surface area contributed by atoms with Gasteiger partial charge in [-0.2, -0.15) is 0 Å². The topological polar surface area (TPSA) is 61.8 Å². The number of hydrogen-bond acceptors (Lipinski definition) is 5. The first kappa shape index (κ1) is 41.6. The molecule has 0 aliphatic rings. The first-order chi connectivity index (χ1) is 21.1. The zero-order chi connectivity index (χ0) is 31.5. The second-order valence-corrected chi connectivity index (χ2v) is 12.6. The van der Waals surface area contributed by atoms with Crippen LogP contribution in [0.5, 0.6) is 0 Å². The van der Waals surface area contributed by atoms with E-state index in [0.717, 1.165) is 38.5 Å². The van der Waals surface area contributed by atoms with E-state index in [4.69, 9.17) is 14.2 Å². The van der Waals surface area contributed by atoms with Crippen LogP contribution in [0, 0.1) is 0 Å². The lowest BCUT2D eigenvalue weighted by Gasteiger charge is -2.17. The van der Waals surface area contributed by atoms with Gasteiger partial charge in [0.25, 0.3) is 0 Å². The Labute approximate surface area is 267 Å². The van der Waals surface area contributed by atoms with Crippen molar-refractivity contribution in [3.63, 3.8) is 0 Å². The minimum absolute atomic E-state index is 0.0727. The molecule has 0 N–H and O–H groups in total. The molecule has 0 rings (SSSR count). The van der Waals surface area contributed by atoms with Gasteiger partial charge in [0.15, 0.2) is 6.10 Å². The molecule has 0 aromatic carbocycles. The number of unbranched alkanes of at least 4 members (excludes halogenated alkanes) is 23. The van der Waals surface area contributed by atoms with Crippen molar-refractivity contribution >= 4 is 11.9 Å². The molecule has 0 saturated carbocycles. The maximum Gasteiger partial charge on any atom is 0.306 e. The molecule has 0 aromatic heterocycles. The molecule has 0 radical (unpaired) electrons. The van der Waals surface area contributed by atoms with Gasteiger partial charge in [-0.05, 0) is 38.5 Å². The fourth-order valence-corrected chi connectivity index (χ4v) is 5.43. The van der Waals surface area contributed by atoms with E-state index in [0.29, 0.717) is 12.8 Å². The Morgan fingerprint density at radius 3 is 1.28 bits per heavy atom. The van der Waals surface area contributed by atoms with E-state index in [1.807, 2.05) is 0 Å². The molecule has 0 heterocycles. The van der Waals surface area contributed by atoms with Crippen LogP contribution in [0.15, 0.2) is 12.2 Å². The summed E-state index contributed by atoms with van der Waals surface area (Å²) >= 11 is 0. The predicted molar refractivity (Wildman–Crippen MR) is 182 cm³/mol. The Bertz CT molecular complexity index is 617. The van der Waals surface area contributed by atoms with E-state index < -0.39 is 6.10 Å². The van der Waals surface area contributed by atoms with Crippen molar-refractivity contribution in [3.05, 3.63) is 12.2 Å². The van der Waals surface area contributed by atoms with Crippen molar-refractivity contribution in [2.75, 3.05) is 20.3 Å². The monoisotopic (exact) mass is 609 g/mol. The van der Waals surface area contributed by atoms with Crippen molar-refractivity contribution < 1.29 is 23.8 Å². The predicted octanol–water partition coefficient (Wildman–Crippen LogP) is 11.6. The molecule has 0 aromatic rings. The van der Waals surface area contributed by atoms with E-state index >= 15 is 0 Å². The lowest BCUT2D eigenvalue weighted by Crippen LogP contribution is -2.29. The largest absolute Gasteiger partial charge is 0.462 e. The molecule has 0 saturated heterocycles. The van der Waals surface area contributed by atoms with E-state index in [1.54, 1.807) is 7.11 Å². The van der Waals surface area contributed by atoms with Crippen LogP contribution in [0.25, 0.3) is 0 Å². The normalized spacial score (nSPS) is 12.2. The molecule has 254 valence electrons. The molecule has 0 aliphatic heterocycles. The SMILES string of the molecule is CCCCCCCC/C=C\CCCCCCCC(=O)OC(COC)COC(=O)CCCCCCCCCCCCCCC. The van der Waals surface area contributed by atoms with E-state index in [9.17, 15) is 9.59 Å². The van der Waals surface area contributed by atoms with Crippen LogP contribution in [0.3, 0.4) is 0 Å². The first-order valence-corrected chi connectivity index (χ1v) is 18.6. The minimum atomic E-state index is -0.531. The number of ether oxygens (including phenoxy) is 3. The molecule has 1 unspecified atom stereocenters. The summed E-state index contributed by atoms with van der Waals surface area (Å²) in [7, 11) is 1.57. The van der Waals surface area contributed by atoms with Crippen LogP contribution in [0.1, 0.15) is 194 Å². The third-order valence-corrected chi connectivity index (χ3v) is 8.21. The zero-order valence-electron chi connectivity index (χ0n) is 29.0. The summed E-state index contributed by atoms with van der Waals surface area (Å²) < 4.78 is 16.1. The number of carbonyl (C=O) groups excluding carboxylic acids is 2. The lowest BCUT2D eigenvalue weighted by molar-refractivity contribution is -0.162. The third kappa shape index (κ3) is 33.4. The molecule has 5 heteroatoms. The summed E-state index contributed by atoms with van der Waals surface area (Å²) in [6.45, 7) is 4.84. The fraction of sp³-hybridized carbons (Fsp3) is 0.895. The summed E-state index contributed by atoms with van der Waals surface area (Å²) in [6, 6.07) is 0. The molecule has 0 amide bonds. The van der Waals surface area contributed by atoms with Crippen LogP contribution in [0.2, 0.25) is 0 Å². The van der Waals surface area contributed by atoms with E-state index in [2.05, 4.69) is 26.0 Å². The van der Waals surface area contributed by atoms with Crippen molar-refractivity contribution in [1.82, 2.24) is 0 Å². The van der Waals surface area contributed by atoms with Crippen molar-refractivity contribution in [2.24, 2.45) is 0 Å². The third-order valence-electron chi connectivity index (χ3n) is 8.21. The Morgan fingerprint density at radius 1 is 0.488 bits per heavy atom. The number of allylic oxidation sites excluding steroid dienone is 2. The minimum Gasteiger partial charge on any atom is -0.462 e. The first-order valence-electron chi connectivity index (χ1n) is 18.6. The Hall–Kier alpha value is -1.36. The smallest absolute Gasteiger partial charge is 0.306 e. The standard InChI is InChI=1S/C38H72O5/c1-4-6-8-10-12-14-16-18-19-21-23-25-27-29-31-33-38(40)43-36(34-41-3)35-42-37(39)32-30-28-26-24-22-20-17-15-13-11-9-7-5-2/h18-19,36H,4-17,20-35H2,1-3H3/b19-18-. The molecular weight excluding hydrogens is 536 g/mol. The summed E-state index contributed by atoms with van der Waals surface area (Å²) in [6.07, 6.45) is 37.6. The summed E-state index contributed by atoms with van der Waals surface area (Å²) in [5, 5.41) is 0. The van der Waals surface area contributed by atoms with Crippen LogP contribution in [-0.4, -0.2) is 38.4 Å². The summed E-state index contributed by atoms with van der Waals surface area (Å²) in [4.78, 5) is 24.4. The zero-order valence-corrected chi connectivity index (χ0v) is 29.0. The average Bonchev–Trinajstić information content (AvgIpc) is 3.00. The van der Waals surface area contributed by atoms with Crippen LogP contribution in [-0.2, 0) is 23.8 Å². The molecule has 1 atom stereocenters. The fourth-order valence-electron chi connectivity index (χ4n) is 5.43. The molecule has 0 spiro atoms. The molecule has 0 aliphatic carbocycles. The molecule has 0 bridgehead atoms. The van der Waals surface area contributed by atoms with Crippen LogP contribution >= 0.6 is 0 Å². The quantitative estimate of drug-likeness (QED) is 0.0413. The van der Waals surface area contributed by atoms with Gasteiger partial charge >= 0.3 is 11.9 Å². The second-order valence-electron chi connectivity index (χ2n) is 12.6. The molecule has 5 nitrogen and oxygen atoms in total. The van der Waals surface area contributed by atoms with Gasteiger partial charge in [-0.3, -0.25) is 9.59 Å². The summed E-state index contributed by atoms with van der Waals surface area (Å²) in [5.41, 5.74) is 0. The van der Waals surface area contributed by atoms with Crippen LogP contribution in [0.4, 0.5) is 0 Å². The van der Waals surface area contributed by atoms with Crippen LogP contribution < -0.4 is 0 Å². The van der Waals surface area contributed by atoms with Gasteiger partial charge in [-0.25, -0.2) is 0 Å². The highest BCUT2D eigenvalue weighted by Gasteiger charge is 2.17. The highest BCUT2D eigenvalue weighted by Crippen LogP contribution is 2.14. The van der Waals surface area contributed by atoms with E-state index in [1.165, 1.54) is 128 Å². The average molecular weight is 609 g/mol. The number of esters is 2. The maximum absolute atomic E-state index is 12.3. The van der Waals surface area contributed by atoms with Gasteiger partial charge in [-0.1, -0.05) is 154 Å². The maximum atomic E-state index is 12.3. The molecular formula is C38H72O5.